The van der Waals surface area contributed by atoms with Crippen molar-refractivity contribution in [2.75, 3.05) is 26.5 Å². The first-order valence-corrected chi connectivity index (χ1v) is 14.3. The predicted octanol–water partition coefficient (Wildman–Crippen LogP) is 3.55. The zero-order valence-electron chi connectivity index (χ0n) is 20.9. The van der Waals surface area contributed by atoms with E-state index >= 15 is 0 Å². The Balaban J connectivity index is 1.69. The third kappa shape index (κ3) is 5.71. The summed E-state index contributed by atoms with van der Waals surface area (Å²) >= 11 is 1.22. The molecule has 1 aromatic heterocycles. The van der Waals surface area contributed by atoms with Crippen LogP contribution in [0.1, 0.15) is 44.0 Å². The second-order valence-electron chi connectivity index (χ2n) is 8.29. The Morgan fingerprint density at radius 1 is 1.05 bits per heavy atom. The highest BCUT2D eigenvalue weighted by molar-refractivity contribution is 7.89. The molecule has 1 aliphatic heterocycles. The van der Waals surface area contributed by atoms with E-state index in [-0.39, 0.29) is 30.4 Å². The number of benzene rings is 2. The lowest BCUT2D eigenvalue weighted by Crippen LogP contribution is -2.32. The molecule has 0 atom stereocenters. The molecule has 0 radical (unpaired) electrons. The number of thiazole rings is 1. The normalized spacial score (nSPS) is 13.5. The van der Waals surface area contributed by atoms with Crippen LogP contribution in [-0.4, -0.2) is 55.7 Å². The Hall–Kier alpha value is -3.22. The number of hydrogen-bond donors (Lipinski definition) is 0. The average molecular weight is 548 g/mol. The van der Waals surface area contributed by atoms with E-state index in [0.717, 1.165) is 4.70 Å². The van der Waals surface area contributed by atoms with Crippen molar-refractivity contribution in [2.45, 2.75) is 45.1 Å². The molecule has 4 rings (SSSR count). The number of fused-ring (bicyclic) bond motifs is 2. The lowest BCUT2D eigenvalue weighted by molar-refractivity contribution is -0.143. The molecular formula is C25H29N3O7S2. The van der Waals surface area contributed by atoms with Crippen LogP contribution in [0.2, 0.25) is 0 Å². The van der Waals surface area contributed by atoms with E-state index in [1.54, 1.807) is 23.6 Å². The molecule has 12 heteroatoms. The minimum Gasteiger partial charge on any atom is -0.465 e. The molecule has 1 amide bonds. The van der Waals surface area contributed by atoms with Gasteiger partial charge in [0.1, 0.15) is 6.54 Å². The highest BCUT2D eigenvalue weighted by Crippen LogP contribution is 2.37. The van der Waals surface area contributed by atoms with Gasteiger partial charge in [-0.15, -0.1) is 0 Å². The molecule has 37 heavy (non-hydrogen) atoms. The predicted molar refractivity (Wildman–Crippen MR) is 138 cm³/mol. The maximum atomic E-state index is 13.1. The summed E-state index contributed by atoms with van der Waals surface area (Å²) in [5.41, 5.74) is 0.882. The molecular weight excluding hydrogens is 518 g/mol. The van der Waals surface area contributed by atoms with E-state index in [0.29, 0.717) is 47.7 Å². The molecule has 0 saturated heterocycles. The van der Waals surface area contributed by atoms with Crippen LogP contribution >= 0.6 is 11.3 Å². The van der Waals surface area contributed by atoms with Crippen LogP contribution in [-0.2, 0) is 26.1 Å². The van der Waals surface area contributed by atoms with Gasteiger partial charge in [0, 0.05) is 30.8 Å². The third-order valence-corrected chi connectivity index (χ3v) is 8.61. The van der Waals surface area contributed by atoms with E-state index in [9.17, 15) is 18.0 Å². The summed E-state index contributed by atoms with van der Waals surface area (Å²) in [6, 6.07) is 9.28. The summed E-state index contributed by atoms with van der Waals surface area (Å²) in [5, 5.41) is 0. The van der Waals surface area contributed by atoms with Crippen molar-refractivity contribution in [3.63, 3.8) is 0 Å². The minimum absolute atomic E-state index is 0.112. The SMILES string of the molecule is CCCN(CCC)S(=O)(=O)c1ccc(C(=O)N=c2sc3cc4c(cc3n2CC(=O)OCC)OCO4)cc1. The van der Waals surface area contributed by atoms with Crippen LogP contribution in [0.25, 0.3) is 10.2 Å². The Bertz CT molecular complexity index is 1470. The van der Waals surface area contributed by atoms with Gasteiger partial charge in [0.05, 0.1) is 21.7 Å². The fourth-order valence-corrected chi connectivity index (χ4v) is 6.62. The molecule has 0 N–H and O–H groups in total. The van der Waals surface area contributed by atoms with Gasteiger partial charge in [0.15, 0.2) is 16.3 Å². The molecule has 0 unspecified atom stereocenters. The fraction of sp³-hybridized carbons (Fsp3) is 0.400. The first kappa shape index (κ1) is 26.8. The van der Waals surface area contributed by atoms with Crippen LogP contribution in [0.15, 0.2) is 46.3 Å². The molecule has 0 saturated carbocycles. The van der Waals surface area contributed by atoms with E-state index in [1.165, 1.54) is 39.9 Å². The Morgan fingerprint density at radius 3 is 2.32 bits per heavy atom. The molecule has 2 heterocycles. The lowest BCUT2D eigenvalue weighted by atomic mass is 10.2. The molecule has 0 spiro atoms. The molecule has 1 aliphatic rings. The number of nitrogens with zero attached hydrogens (tertiary/aromatic N) is 3. The summed E-state index contributed by atoms with van der Waals surface area (Å²) in [7, 11) is -3.66. The number of sulfonamides is 1. The average Bonchev–Trinajstić information content (AvgIpc) is 3.46. The molecule has 0 fully saturated rings. The quantitative estimate of drug-likeness (QED) is 0.357. The van der Waals surface area contributed by atoms with E-state index in [1.807, 2.05) is 13.8 Å². The van der Waals surface area contributed by atoms with Gasteiger partial charge in [-0.3, -0.25) is 9.59 Å². The number of amides is 1. The molecule has 2 aromatic carbocycles. The lowest BCUT2D eigenvalue weighted by Gasteiger charge is -2.21. The standard InChI is InChI=1S/C25H29N3O7S2/c1-4-11-27(12-5-2)37(31,32)18-9-7-17(8-10-18)24(30)26-25-28(15-23(29)33-6-3)19-13-20-21(35-16-34-20)14-22(19)36-25/h7-10,13-14H,4-6,11-12,15-16H2,1-3H3. The summed E-state index contributed by atoms with van der Waals surface area (Å²) in [6.45, 7) is 6.63. The van der Waals surface area contributed by atoms with Crippen LogP contribution in [0.4, 0.5) is 0 Å². The van der Waals surface area contributed by atoms with Gasteiger partial charge in [-0.25, -0.2) is 8.42 Å². The summed E-state index contributed by atoms with van der Waals surface area (Å²) in [4.78, 5) is 30.0. The summed E-state index contributed by atoms with van der Waals surface area (Å²) in [5.74, 6) is 0.0869. The molecule has 198 valence electrons. The monoisotopic (exact) mass is 547 g/mol. The van der Waals surface area contributed by atoms with Crippen molar-refractivity contribution in [1.82, 2.24) is 8.87 Å². The van der Waals surface area contributed by atoms with Gasteiger partial charge in [0.25, 0.3) is 5.91 Å². The molecule has 0 aliphatic carbocycles. The smallest absolute Gasteiger partial charge is 0.326 e. The van der Waals surface area contributed by atoms with Gasteiger partial charge >= 0.3 is 5.97 Å². The zero-order valence-corrected chi connectivity index (χ0v) is 22.6. The maximum Gasteiger partial charge on any atom is 0.326 e. The van der Waals surface area contributed by atoms with Crippen molar-refractivity contribution in [3.05, 3.63) is 46.8 Å². The third-order valence-electron chi connectivity index (χ3n) is 5.65. The summed E-state index contributed by atoms with van der Waals surface area (Å²) < 4.78 is 45.9. The molecule has 10 nitrogen and oxygen atoms in total. The first-order valence-electron chi connectivity index (χ1n) is 12.1. The summed E-state index contributed by atoms with van der Waals surface area (Å²) in [6.07, 6.45) is 1.41. The molecule has 0 bridgehead atoms. The first-order chi connectivity index (χ1) is 17.8. The van der Waals surface area contributed by atoms with E-state index in [4.69, 9.17) is 14.2 Å². The van der Waals surface area contributed by atoms with Gasteiger partial charge in [-0.2, -0.15) is 9.30 Å². The fourth-order valence-electron chi connectivity index (χ4n) is 3.95. The van der Waals surface area contributed by atoms with Crippen LogP contribution < -0.4 is 14.3 Å². The van der Waals surface area contributed by atoms with Crippen molar-refractivity contribution in [2.24, 2.45) is 4.99 Å². The van der Waals surface area contributed by atoms with E-state index < -0.39 is 21.9 Å². The zero-order chi connectivity index (χ0) is 26.6. The van der Waals surface area contributed by atoms with Gasteiger partial charge < -0.3 is 18.8 Å². The van der Waals surface area contributed by atoms with Gasteiger partial charge in [-0.05, 0) is 44.0 Å². The Morgan fingerprint density at radius 2 is 1.70 bits per heavy atom. The maximum absolute atomic E-state index is 13.1. The second-order valence-corrected chi connectivity index (χ2v) is 11.2. The van der Waals surface area contributed by atoms with Crippen LogP contribution in [0.5, 0.6) is 11.5 Å². The van der Waals surface area contributed by atoms with Crippen molar-refractivity contribution >= 4 is 43.5 Å². The second kappa shape index (κ2) is 11.4. The topological polar surface area (TPSA) is 117 Å². The number of hydrogen-bond acceptors (Lipinski definition) is 8. The Labute approximate surface area is 219 Å². The van der Waals surface area contributed by atoms with E-state index in [2.05, 4.69) is 4.99 Å². The number of carbonyl (C=O) groups excluding carboxylic acids is 2. The number of carbonyl (C=O) groups is 2. The van der Waals surface area contributed by atoms with Crippen molar-refractivity contribution in [3.8, 4) is 11.5 Å². The van der Waals surface area contributed by atoms with Crippen LogP contribution in [0, 0.1) is 0 Å². The number of aromatic nitrogens is 1. The highest BCUT2D eigenvalue weighted by atomic mass is 32.2. The Kier molecular flexibility index (Phi) is 8.30. The van der Waals surface area contributed by atoms with Crippen molar-refractivity contribution in [1.29, 1.82) is 0 Å². The number of rotatable bonds is 10. The minimum atomic E-state index is -3.66. The number of esters is 1. The van der Waals surface area contributed by atoms with Gasteiger partial charge in [0.2, 0.25) is 16.8 Å². The largest absolute Gasteiger partial charge is 0.465 e. The van der Waals surface area contributed by atoms with Crippen LogP contribution in [0.3, 0.4) is 0 Å². The van der Waals surface area contributed by atoms with Gasteiger partial charge in [-0.1, -0.05) is 25.2 Å². The number of ether oxygens (including phenoxy) is 3. The van der Waals surface area contributed by atoms with Crippen molar-refractivity contribution < 1.29 is 32.2 Å². The highest BCUT2D eigenvalue weighted by Gasteiger charge is 2.24. The molecule has 3 aromatic rings.